The van der Waals surface area contributed by atoms with Crippen LogP contribution in [0.5, 0.6) is 0 Å². The van der Waals surface area contributed by atoms with Crippen molar-refractivity contribution in [2.24, 2.45) is 5.73 Å². The van der Waals surface area contributed by atoms with Crippen LogP contribution in [0.3, 0.4) is 0 Å². The highest BCUT2D eigenvalue weighted by atomic mass is 19.3. The molecule has 0 atom stereocenters. The number of nitrogens with zero attached hydrogens (tertiary/aromatic N) is 3. The predicted molar refractivity (Wildman–Crippen MR) is 70.1 cm³/mol. The fraction of sp³-hybridized carbons (Fsp3) is 0.308. The Labute approximate surface area is 119 Å². The summed E-state index contributed by atoms with van der Waals surface area (Å²) in [7, 11) is 0. The van der Waals surface area contributed by atoms with Gasteiger partial charge in [-0.3, -0.25) is 0 Å². The molecule has 0 aliphatic heterocycles. The third-order valence-electron chi connectivity index (χ3n) is 2.97. The maximum atomic E-state index is 14.2. The standard InChI is InChI=1S/C13H14F2N4O2/c14-13(15,9-4-2-1-3-5-9)8-19-10(6-7-16)11(12(20)21)17-18-19/h1-5H,6-8,16H2,(H,20,21). The average molecular weight is 296 g/mol. The fourth-order valence-electron chi connectivity index (χ4n) is 1.97. The molecule has 1 heterocycles. The lowest BCUT2D eigenvalue weighted by atomic mass is 10.1. The van der Waals surface area contributed by atoms with Crippen LogP contribution in [0.25, 0.3) is 0 Å². The molecule has 0 saturated heterocycles. The Kier molecular flexibility index (Phi) is 4.27. The molecular formula is C13H14F2N4O2. The van der Waals surface area contributed by atoms with Gasteiger partial charge < -0.3 is 10.8 Å². The third-order valence-corrected chi connectivity index (χ3v) is 2.97. The van der Waals surface area contributed by atoms with Gasteiger partial charge in [-0.1, -0.05) is 35.5 Å². The van der Waals surface area contributed by atoms with Crippen molar-refractivity contribution < 1.29 is 18.7 Å². The lowest BCUT2D eigenvalue weighted by molar-refractivity contribution is -0.0266. The van der Waals surface area contributed by atoms with Crippen molar-refractivity contribution in [2.75, 3.05) is 6.54 Å². The molecule has 0 unspecified atom stereocenters. The van der Waals surface area contributed by atoms with E-state index in [2.05, 4.69) is 10.3 Å². The number of halogens is 2. The number of carboxylic acids is 1. The minimum absolute atomic E-state index is 0.0978. The first-order valence-corrected chi connectivity index (χ1v) is 6.25. The van der Waals surface area contributed by atoms with Crippen LogP contribution < -0.4 is 5.73 Å². The normalized spacial score (nSPS) is 11.6. The van der Waals surface area contributed by atoms with Gasteiger partial charge in [-0.15, -0.1) is 5.10 Å². The van der Waals surface area contributed by atoms with E-state index in [1.165, 1.54) is 24.3 Å². The number of rotatable bonds is 6. The molecule has 0 saturated carbocycles. The highest BCUT2D eigenvalue weighted by molar-refractivity contribution is 5.86. The molecule has 0 aliphatic carbocycles. The van der Waals surface area contributed by atoms with Gasteiger partial charge in [0.15, 0.2) is 5.69 Å². The summed E-state index contributed by atoms with van der Waals surface area (Å²) in [6, 6.07) is 7.26. The quantitative estimate of drug-likeness (QED) is 0.837. The number of aromatic carboxylic acids is 1. The predicted octanol–water partition coefficient (Wildman–Crippen LogP) is 1.27. The molecule has 8 heteroatoms. The molecule has 1 aromatic heterocycles. The van der Waals surface area contributed by atoms with Crippen LogP contribution in [0.1, 0.15) is 21.7 Å². The Morgan fingerprint density at radius 2 is 2.00 bits per heavy atom. The van der Waals surface area contributed by atoms with Crippen LogP contribution >= 0.6 is 0 Å². The van der Waals surface area contributed by atoms with E-state index < -0.39 is 18.4 Å². The second-order valence-corrected chi connectivity index (χ2v) is 4.46. The largest absolute Gasteiger partial charge is 0.476 e. The smallest absolute Gasteiger partial charge is 0.358 e. The SMILES string of the molecule is NCCc1c(C(=O)O)nnn1CC(F)(F)c1ccccc1. The van der Waals surface area contributed by atoms with Gasteiger partial charge in [-0.25, -0.2) is 9.48 Å². The topological polar surface area (TPSA) is 94.0 Å². The van der Waals surface area contributed by atoms with Crippen LogP contribution in [-0.4, -0.2) is 32.6 Å². The Morgan fingerprint density at radius 1 is 1.33 bits per heavy atom. The number of hydrogen-bond acceptors (Lipinski definition) is 4. The van der Waals surface area contributed by atoms with Crippen molar-refractivity contribution in [1.82, 2.24) is 15.0 Å². The number of alkyl halides is 2. The second-order valence-electron chi connectivity index (χ2n) is 4.46. The number of benzene rings is 1. The van der Waals surface area contributed by atoms with Crippen LogP contribution in [0.15, 0.2) is 30.3 Å². The average Bonchev–Trinajstić information content (AvgIpc) is 2.83. The van der Waals surface area contributed by atoms with Crippen LogP contribution in [-0.2, 0) is 18.9 Å². The summed E-state index contributed by atoms with van der Waals surface area (Å²) < 4.78 is 29.3. The fourth-order valence-corrected chi connectivity index (χ4v) is 1.97. The first-order valence-electron chi connectivity index (χ1n) is 6.25. The Morgan fingerprint density at radius 3 is 2.57 bits per heavy atom. The van der Waals surface area contributed by atoms with Crippen molar-refractivity contribution in [3.8, 4) is 0 Å². The summed E-state index contributed by atoms with van der Waals surface area (Å²) in [5, 5.41) is 15.9. The highest BCUT2D eigenvalue weighted by Crippen LogP contribution is 2.30. The van der Waals surface area contributed by atoms with E-state index in [0.717, 1.165) is 4.68 Å². The summed E-state index contributed by atoms with van der Waals surface area (Å²) >= 11 is 0. The van der Waals surface area contributed by atoms with Gasteiger partial charge in [0, 0.05) is 12.0 Å². The van der Waals surface area contributed by atoms with E-state index >= 15 is 0 Å². The van der Waals surface area contributed by atoms with Crippen molar-refractivity contribution in [3.05, 3.63) is 47.3 Å². The second kappa shape index (κ2) is 5.96. The zero-order valence-corrected chi connectivity index (χ0v) is 11.0. The van der Waals surface area contributed by atoms with E-state index in [-0.39, 0.29) is 29.9 Å². The lowest BCUT2D eigenvalue weighted by Gasteiger charge is -2.17. The summed E-state index contributed by atoms with van der Waals surface area (Å²) in [5.41, 5.74) is 4.97. The van der Waals surface area contributed by atoms with Crippen molar-refractivity contribution in [1.29, 1.82) is 0 Å². The van der Waals surface area contributed by atoms with Crippen LogP contribution in [0, 0.1) is 0 Å². The van der Waals surface area contributed by atoms with Gasteiger partial charge in [-0.05, 0) is 6.54 Å². The van der Waals surface area contributed by atoms with Gasteiger partial charge in [0.1, 0.15) is 6.54 Å². The molecule has 0 bridgehead atoms. The summed E-state index contributed by atoms with van der Waals surface area (Å²) in [6.07, 6.45) is 0.111. The minimum atomic E-state index is -3.19. The van der Waals surface area contributed by atoms with Gasteiger partial charge in [-0.2, -0.15) is 8.78 Å². The molecule has 0 spiro atoms. The molecule has 2 aromatic rings. The van der Waals surface area contributed by atoms with Gasteiger partial charge in [0.2, 0.25) is 0 Å². The number of aromatic nitrogens is 3. The van der Waals surface area contributed by atoms with Gasteiger partial charge in [0.05, 0.1) is 5.69 Å². The summed E-state index contributed by atoms with van der Waals surface area (Å²) in [4.78, 5) is 11.0. The summed E-state index contributed by atoms with van der Waals surface area (Å²) in [6.45, 7) is -0.669. The first kappa shape index (κ1) is 15.0. The molecule has 2 rings (SSSR count). The van der Waals surface area contributed by atoms with Gasteiger partial charge >= 0.3 is 5.97 Å². The molecule has 112 valence electrons. The van der Waals surface area contributed by atoms with Crippen molar-refractivity contribution in [2.45, 2.75) is 18.9 Å². The zero-order valence-electron chi connectivity index (χ0n) is 11.0. The van der Waals surface area contributed by atoms with E-state index in [1.54, 1.807) is 6.07 Å². The first-order chi connectivity index (χ1) is 9.95. The van der Waals surface area contributed by atoms with Crippen molar-refractivity contribution >= 4 is 5.97 Å². The molecule has 0 amide bonds. The molecule has 0 radical (unpaired) electrons. The molecule has 3 N–H and O–H groups in total. The monoisotopic (exact) mass is 296 g/mol. The molecule has 0 aliphatic rings. The lowest BCUT2D eigenvalue weighted by Crippen LogP contribution is -2.24. The molecule has 0 fully saturated rings. The molecule has 6 nitrogen and oxygen atoms in total. The number of nitrogens with two attached hydrogens (primary N) is 1. The Bertz CT molecular complexity index is 628. The minimum Gasteiger partial charge on any atom is -0.476 e. The Balaban J connectivity index is 2.33. The van der Waals surface area contributed by atoms with E-state index in [0.29, 0.717) is 0 Å². The Hall–Kier alpha value is -2.35. The van der Waals surface area contributed by atoms with Crippen molar-refractivity contribution in [3.63, 3.8) is 0 Å². The maximum Gasteiger partial charge on any atom is 0.358 e. The maximum absolute atomic E-state index is 14.2. The van der Waals surface area contributed by atoms with Gasteiger partial charge in [0.25, 0.3) is 5.92 Å². The van der Waals surface area contributed by atoms with Crippen LogP contribution in [0.2, 0.25) is 0 Å². The van der Waals surface area contributed by atoms with E-state index in [9.17, 15) is 13.6 Å². The molecular weight excluding hydrogens is 282 g/mol. The number of hydrogen-bond donors (Lipinski definition) is 2. The number of carboxylic acid groups (broad SMARTS) is 1. The third kappa shape index (κ3) is 3.22. The number of carbonyl (C=O) groups is 1. The summed E-state index contributed by atoms with van der Waals surface area (Å²) in [5.74, 6) is -4.50. The molecule has 1 aromatic carbocycles. The van der Waals surface area contributed by atoms with E-state index in [1.807, 2.05) is 0 Å². The molecule has 21 heavy (non-hydrogen) atoms. The highest BCUT2D eigenvalue weighted by Gasteiger charge is 2.34. The van der Waals surface area contributed by atoms with E-state index in [4.69, 9.17) is 10.8 Å². The zero-order chi connectivity index (χ0) is 15.5. The van der Waals surface area contributed by atoms with Crippen LogP contribution in [0.4, 0.5) is 8.78 Å².